The molecule has 0 radical (unpaired) electrons. The molecule has 3 nitrogen and oxygen atoms in total. The van der Waals surface area contributed by atoms with E-state index in [2.05, 4.69) is 63.8 Å². The highest BCUT2D eigenvalue weighted by atomic mass is 15.3. The first-order valence-electron chi connectivity index (χ1n) is 8.48. The van der Waals surface area contributed by atoms with E-state index in [9.17, 15) is 0 Å². The molecular formula is C18H33N3. The summed E-state index contributed by atoms with van der Waals surface area (Å²) in [6, 6.07) is 3.25. The summed E-state index contributed by atoms with van der Waals surface area (Å²) < 4.78 is 2.09. The summed E-state index contributed by atoms with van der Waals surface area (Å²) in [5, 5.41) is 8.44. The Morgan fingerprint density at radius 3 is 2.48 bits per heavy atom. The molecule has 1 aromatic rings. The van der Waals surface area contributed by atoms with Gasteiger partial charge in [0.15, 0.2) is 0 Å². The van der Waals surface area contributed by atoms with Gasteiger partial charge in [-0.1, -0.05) is 34.6 Å². The number of nitrogens with zero attached hydrogens (tertiary/aromatic N) is 2. The normalized spacial score (nSPS) is 23.1. The van der Waals surface area contributed by atoms with E-state index in [-0.39, 0.29) is 0 Å². The Morgan fingerprint density at radius 2 is 1.90 bits per heavy atom. The molecule has 1 aliphatic carbocycles. The van der Waals surface area contributed by atoms with E-state index in [1.54, 1.807) is 0 Å². The smallest absolute Gasteiger partial charge is 0.0762 e. The molecule has 2 rings (SSSR count). The largest absolute Gasteiger partial charge is 0.308 e. The second-order valence-corrected chi connectivity index (χ2v) is 8.54. The molecule has 1 unspecified atom stereocenters. The van der Waals surface area contributed by atoms with Crippen LogP contribution in [-0.4, -0.2) is 15.8 Å². The zero-order chi connectivity index (χ0) is 15.7. The third-order valence-electron chi connectivity index (χ3n) is 4.83. The lowest BCUT2D eigenvalue weighted by atomic mass is 9.63. The van der Waals surface area contributed by atoms with Crippen LogP contribution in [0.4, 0.5) is 0 Å². The Hall–Kier alpha value is -0.830. The standard InChI is InChI=1S/C18H33N3/c1-7-14(2)21-9-8-15(20-21)12-19-16-10-17(3,4)13-18(5,6)11-16/h8-9,14,16,19H,7,10-13H2,1-6H3. The highest BCUT2D eigenvalue weighted by Crippen LogP contribution is 2.45. The molecule has 0 aromatic carbocycles. The maximum Gasteiger partial charge on any atom is 0.0762 e. The second kappa shape index (κ2) is 6.12. The maximum absolute atomic E-state index is 4.69. The minimum absolute atomic E-state index is 0.440. The third kappa shape index (κ3) is 4.57. The van der Waals surface area contributed by atoms with Crippen molar-refractivity contribution >= 4 is 0 Å². The van der Waals surface area contributed by atoms with Gasteiger partial charge in [-0.15, -0.1) is 0 Å². The van der Waals surface area contributed by atoms with E-state index in [4.69, 9.17) is 5.10 Å². The molecule has 1 atom stereocenters. The van der Waals surface area contributed by atoms with Crippen molar-refractivity contribution in [3.63, 3.8) is 0 Å². The van der Waals surface area contributed by atoms with Gasteiger partial charge in [-0.05, 0) is 49.5 Å². The number of aromatic nitrogens is 2. The summed E-state index contributed by atoms with van der Waals surface area (Å²) in [6.45, 7) is 14.9. The average molecular weight is 291 g/mol. The SMILES string of the molecule is CCC(C)n1ccc(CNC2CC(C)(C)CC(C)(C)C2)n1. The summed E-state index contributed by atoms with van der Waals surface area (Å²) in [7, 11) is 0. The Morgan fingerprint density at radius 1 is 1.29 bits per heavy atom. The van der Waals surface area contributed by atoms with E-state index in [1.165, 1.54) is 19.3 Å². The molecule has 120 valence electrons. The first-order chi connectivity index (χ1) is 9.71. The van der Waals surface area contributed by atoms with Gasteiger partial charge in [0, 0.05) is 24.8 Å². The van der Waals surface area contributed by atoms with Gasteiger partial charge >= 0.3 is 0 Å². The first-order valence-corrected chi connectivity index (χ1v) is 8.48. The van der Waals surface area contributed by atoms with Crippen molar-refractivity contribution < 1.29 is 0 Å². The molecule has 0 saturated heterocycles. The second-order valence-electron chi connectivity index (χ2n) is 8.54. The Balaban J connectivity index is 1.92. The Bertz CT molecular complexity index is 443. The predicted molar refractivity (Wildman–Crippen MR) is 89.3 cm³/mol. The summed E-state index contributed by atoms with van der Waals surface area (Å²) in [6.07, 6.45) is 7.09. The van der Waals surface area contributed by atoms with E-state index in [0.29, 0.717) is 22.9 Å². The van der Waals surface area contributed by atoms with Crippen LogP contribution in [0.2, 0.25) is 0 Å². The van der Waals surface area contributed by atoms with Crippen molar-refractivity contribution in [3.05, 3.63) is 18.0 Å². The lowest BCUT2D eigenvalue weighted by Crippen LogP contribution is -2.43. The molecule has 1 saturated carbocycles. The van der Waals surface area contributed by atoms with E-state index < -0.39 is 0 Å². The minimum atomic E-state index is 0.440. The van der Waals surface area contributed by atoms with Crippen LogP contribution in [0.15, 0.2) is 12.3 Å². The van der Waals surface area contributed by atoms with Crippen LogP contribution < -0.4 is 5.32 Å². The fraction of sp³-hybridized carbons (Fsp3) is 0.833. The maximum atomic E-state index is 4.69. The van der Waals surface area contributed by atoms with Crippen molar-refractivity contribution in [2.45, 2.75) is 85.9 Å². The fourth-order valence-corrected chi connectivity index (χ4v) is 4.14. The molecule has 0 spiro atoms. The molecule has 1 aromatic heterocycles. The van der Waals surface area contributed by atoms with E-state index in [0.717, 1.165) is 18.7 Å². The monoisotopic (exact) mass is 291 g/mol. The molecule has 3 heteroatoms. The van der Waals surface area contributed by atoms with Crippen molar-refractivity contribution in [1.82, 2.24) is 15.1 Å². The summed E-state index contributed by atoms with van der Waals surface area (Å²) in [5.41, 5.74) is 2.04. The fourth-order valence-electron chi connectivity index (χ4n) is 4.14. The van der Waals surface area contributed by atoms with Crippen molar-refractivity contribution in [3.8, 4) is 0 Å². The molecular weight excluding hydrogens is 258 g/mol. The van der Waals surface area contributed by atoms with Gasteiger partial charge in [-0.25, -0.2) is 0 Å². The van der Waals surface area contributed by atoms with Crippen LogP contribution in [0.3, 0.4) is 0 Å². The van der Waals surface area contributed by atoms with Gasteiger partial charge in [-0.3, -0.25) is 4.68 Å². The number of rotatable bonds is 5. The molecule has 1 N–H and O–H groups in total. The average Bonchev–Trinajstić information content (AvgIpc) is 2.80. The molecule has 1 heterocycles. The number of nitrogens with one attached hydrogen (secondary N) is 1. The molecule has 0 amide bonds. The van der Waals surface area contributed by atoms with Gasteiger partial charge in [0.1, 0.15) is 0 Å². The molecule has 0 bridgehead atoms. The van der Waals surface area contributed by atoms with Crippen molar-refractivity contribution in [1.29, 1.82) is 0 Å². The van der Waals surface area contributed by atoms with Crippen LogP contribution in [0.25, 0.3) is 0 Å². The summed E-state index contributed by atoms with van der Waals surface area (Å²) in [5.74, 6) is 0. The van der Waals surface area contributed by atoms with Gasteiger partial charge < -0.3 is 5.32 Å². The van der Waals surface area contributed by atoms with Crippen LogP contribution in [0.1, 0.15) is 79.0 Å². The van der Waals surface area contributed by atoms with Crippen molar-refractivity contribution in [2.24, 2.45) is 10.8 Å². The lowest BCUT2D eigenvalue weighted by molar-refractivity contribution is 0.0843. The minimum Gasteiger partial charge on any atom is -0.308 e. The van der Waals surface area contributed by atoms with Gasteiger partial charge in [0.25, 0.3) is 0 Å². The molecule has 1 fully saturated rings. The highest BCUT2D eigenvalue weighted by Gasteiger charge is 2.38. The molecule has 0 aliphatic heterocycles. The molecule has 21 heavy (non-hydrogen) atoms. The van der Waals surface area contributed by atoms with Gasteiger partial charge in [-0.2, -0.15) is 5.10 Å². The summed E-state index contributed by atoms with van der Waals surface area (Å²) >= 11 is 0. The number of hydrogen-bond donors (Lipinski definition) is 1. The van der Waals surface area contributed by atoms with Crippen LogP contribution in [0.5, 0.6) is 0 Å². The van der Waals surface area contributed by atoms with E-state index >= 15 is 0 Å². The predicted octanol–water partition coefficient (Wildman–Crippen LogP) is 4.55. The van der Waals surface area contributed by atoms with Crippen LogP contribution in [0, 0.1) is 10.8 Å². The Kier molecular flexibility index (Phi) is 4.82. The highest BCUT2D eigenvalue weighted by molar-refractivity contribution is 5.01. The quantitative estimate of drug-likeness (QED) is 0.862. The van der Waals surface area contributed by atoms with Crippen LogP contribution in [-0.2, 0) is 6.54 Å². The topological polar surface area (TPSA) is 29.9 Å². The third-order valence-corrected chi connectivity index (χ3v) is 4.83. The zero-order valence-electron chi connectivity index (χ0n) is 14.7. The first kappa shape index (κ1) is 16.5. The summed E-state index contributed by atoms with van der Waals surface area (Å²) in [4.78, 5) is 0. The number of hydrogen-bond acceptors (Lipinski definition) is 2. The van der Waals surface area contributed by atoms with E-state index in [1.807, 2.05) is 0 Å². The van der Waals surface area contributed by atoms with Crippen molar-refractivity contribution in [2.75, 3.05) is 0 Å². The van der Waals surface area contributed by atoms with Gasteiger partial charge in [0.05, 0.1) is 5.69 Å². The van der Waals surface area contributed by atoms with Crippen LogP contribution >= 0.6 is 0 Å². The Labute approximate surface area is 130 Å². The van der Waals surface area contributed by atoms with Gasteiger partial charge in [0.2, 0.25) is 0 Å². The lowest BCUT2D eigenvalue weighted by Gasteiger charge is -2.45. The zero-order valence-corrected chi connectivity index (χ0v) is 14.7. The molecule has 1 aliphatic rings.